The van der Waals surface area contributed by atoms with Crippen LogP contribution in [0.2, 0.25) is 0 Å². The zero-order valence-corrected chi connectivity index (χ0v) is 21.5. The second kappa shape index (κ2) is 25.3. The molecular formula is C18H36CeLaO2. The van der Waals surface area contributed by atoms with Crippen molar-refractivity contribution < 1.29 is 87.2 Å². The molecule has 0 aliphatic heterocycles. The molecule has 0 aromatic rings. The first-order chi connectivity index (χ1) is 9.77. The summed E-state index contributed by atoms with van der Waals surface area (Å²) in [5.74, 6) is -0.653. The SMILES string of the molecule is CCCCCCCCCCCCCCCCCC(=O)O.[Ce].[La]. The first-order valence-electron chi connectivity index (χ1n) is 8.99. The van der Waals surface area contributed by atoms with E-state index in [0.717, 1.165) is 12.8 Å². The van der Waals surface area contributed by atoms with Gasteiger partial charge in [0.2, 0.25) is 0 Å². The van der Waals surface area contributed by atoms with Gasteiger partial charge in [-0.15, -0.1) is 0 Å². The summed E-state index contributed by atoms with van der Waals surface area (Å²) in [4.78, 5) is 10.3. The van der Waals surface area contributed by atoms with E-state index in [9.17, 15) is 4.79 Å². The molecule has 22 heavy (non-hydrogen) atoms. The van der Waals surface area contributed by atoms with Gasteiger partial charge in [-0.05, 0) is 6.42 Å². The molecule has 0 fully saturated rings. The summed E-state index contributed by atoms with van der Waals surface area (Å²) >= 11 is 0. The van der Waals surface area contributed by atoms with Crippen LogP contribution in [-0.2, 0) is 4.79 Å². The monoisotopic (exact) mass is 563 g/mol. The Morgan fingerprint density at radius 2 is 0.909 bits per heavy atom. The normalized spacial score (nSPS) is 9.86. The van der Waals surface area contributed by atoms with Gasteiger partial charge in [-0.2, -0.15) is 0 Å². The summed E-state index contributed by atoms with van der Waals surface area (Å²) in [6.07, 6.45) is 20.2. The van der Waals surface area contributed by atoms with E-state index in [-0.39, 0.29) is 77.3 Å². The third kappa shape index (κ3) is 26.9. The number of aliphatic carboxylic acids is 1. The maximum absolute atomic E-state index is 10.3. The van der Waals surface area contributed by atoms with E-state index < -0.39 is 5.97 Å². The summed E-state index contributed by atoms with van der Waals surface area (Å²) in [5.41, 5.74) is 0. The van der Waals surface area contributed by atoms with Gasteiger partial charge in [0, 0.05) is 83.8 Å². The zero-order chi connectivity index (χ0) is 14.9. The van der Waals surface area contributed by atoms with Crippen molar-refractivity contribution in [2.24, 2.45) is 0 Å². The molecular weight excluding hydrogens is 527 g/mol. The summed E-state index contributed by atoms with van der Waals surface area (Å²) in [7, 11) is 0. The van der Waals surface area contributed by atoms with Crippen LogP contribution in [-0.4, -0.2) is 11.1 Å². The molecule has 0 atom stereocenters. The molecule has 0 unspecified atom stereocenters. The van der Waals surface area contributed by atoms with Crippen LogP contribution in [0.3, 0.4) is 0 Å². The Bertz CT molecular complexity index is 213. The van der Waals surface area contributed by atoms with Gasteiger partial charge in [-0.25, -0.2) is 0 Å². The maximum atomic E-state index is 10.3. The molecule has 0 saturated carbocycles. The zero-order valence-electron chi connectivity index (χ0n) is 14.7. The van der Waals surface area contributed by atoms with Crippen LogP contribution in [0.4, 0.5) is 0 Å². The van der Waals surface area contributed by atoms with Gasteiger partial charge < -0.3 is 5.11 Å². The molecule has 0 heterocycles. The maximum Gasteiger partial charge on any atom is 0.303 e. The van der Waals surface area contributed by atoms with E-state index in [1.807, 2.05) is 0 Å². The van der Waals surface area contributed by atoms with Crippen molar-refractivity contribution in [2.75, 3.05) is 0 Å². The molecule has 1 N–H and O–H groups in total. The average molecular weight is 564 g/mol. The minimum atomic E-state index is -0.653. The van der Waals surface area contributed by atoms with Crippen LogP contribution in [0, 0.1) is 77.3 Å². The number of carboxylic acid groups (broad SMARTS) is 1. The molecule has 4 heteroatoms. The molecule has 0 amide bonds. The topological polar surface area (TPSA) is 37.3 Å². The van der Waals surface area contributed by atoms with Crippen molar-refractivity contribution in [3.05, 3.63) is 0 Å². The Kier molecular flexibility index (Phi) is 33.1. The van der Waals surface area contributed by atoms with Crippen molar-refractivity contribution in [1.82, 2.24) is 0 Å². The fourth-order valence-electron chi connectivity index (χ4n) is 2.65. The Hall–Kier alpha value is 2.04. The number of unbranched alkanes of at least 4 members (excludes halogenated alkanes) is 14. The van der Waals surface area contributed by atoms with Crippen LogP contribution in [0.15, 0.2) is 0 Å². The second-order valence-corrected chi connectivity index (χ2v) is 6.09. The van der Waals surface area contributed by atoms with Gasteiger partial charge >= 0.3 is 5.97 Å². The van der Waals surface area contributed by atoms with Crippen LogP contribution in [0.1, 0.15) is 110 Å². The summed E-state index contributed by atoms with van der Waals surface area (Å²) in [5, 5.41) is 8.52. The number of hydrogen-bond acceptors (Lipinski definition) is 1. The number of carbonyl (C=O) groups is 1. The molecule has 1 radical (unpaired) electrons. The van der Waals surface area contributed by atoms with Crippen LogP contribution in [0.25, 0.3) is 0 Å². The molecule has 0 spiro atoms. The largest absolute Gasteiger partial charge is 0.481 e. The van der Waals surface area contributed by atoms with Gasteiger partial charge in [0.1, 0.15) is 0 Å². The van der Waals surface area contributed by atoms with E-state index in [0.29, 0.717) is 6.42 Å². The van der Waals surface area contributed by atoms with Gasteiger partial charge in [-0.3, -0.25) is 4.79 Å². The molecule has 0 bridgehead atoms. The standard InChI is InChI=1S/C18H36O2.Ce.La/c1-2-3-4-5-6-7-8-9-10-11-12-13-14-15-16-17-18(19)20;;/h2-17H2,1H3,(H,19,20);;. The molecule has 2 nitrogen and oxygen atoms in total. The van der Waals surface area contributed by atoms with Gasteiger partial charge in [0.15, 0.2) is 0 Å². The molecule has 0 rings (SSSR count). The second-order valence-electron chi connectivity index (χ2n) is 6.09. The first-order valence-corrected chi connectivity index (χ1v) is 8.99. The van der Waals surface area contributed by atoms with E-state index in [1.54, 1.807) is 0 Å². The van der Waals surface area contributed by atoms with E-state index in [1.165, 1.54) is 83.5 Å². The smallest absolute Gasteiger partial charge is 0.303 e. The van der Waals surface area contributed by atoms with E-state index in [2.05, 4.69) is 6.92 Å². The number of hydrogen-bond donors (Lipinski definition) is 1. The molecule has 0 aliphatic carbocycles. The van der Waals surface area contributed by atoms with Crippen molar-refractivity contribution in [3.8, 4) is 0 Å². The van der Waals surface area contributed by atoms with E-state index in [4.69, 9.17) is 5.11 Å². The Morgan fingerprint density at radius 1 is 0.636 bits per heavy atom. The summed E-state index contributed by atoms with van der Waals surface area (Å²) in [6, 6.07) is 0. The molecule has 0 aromatic heterocycles. The van der Waals surface area contributed by atoms with Gasteiger partial charge in [0.05, 0.1) is 0 Å². The molecule has 0 aromatic carbocycles. The summed E-state index contributed by atoms with van der Waals surface area (Å²) < 4.78 is 0. The van der Waals surface area contributed by atoms with Gasteiger partial charge in [0.25, 0.3) is 0 Å². The van der Waals surface area contributed by atoms with E-state index >= 15 is 0 Å². The quantitative estimate of drug-likeness (QED) is 0.223. The fraction of sp³-hybridized carbons (Fsp3) is 0.944. The van der Waals surface area contributed by atoms with Crippen molar-refractivity contribution in [2.45, 2.75) is 110 Å². The predicted octanol–water partition coefficient (Wildman–Crippen LogP) is 6.33. The number of carboxylic acids is 1. The summed E-state index contributed by atoms with van der Waals surface area (Å²) in [6.45, 7) is 2.27. The van der Waals surface area contributed by atoms with Crippen molar-refractivity contribution >= 4 is 5.97 Å². The third-order valence-electron chi connectivity index (χ3n) is 3.99. The van der Waals surface area contributed by atoms with Gasteiger partial charge in [-0.1, -0.05) is 96.8 Å². The Balaban J connectivity index is -0.00000180. The molecule has 127 valence electrons. The number of rotatable bonds is 16. The van der Waals surface area contributed by atoms with Crippen molar-refractivity contribution in [1.29, 1.82) is 0 Å². The Labute approximate surface area is 200 Å². The minimum Gasteiger partial charge on any atom is -0.481 e. The van der Waals surface area contributed by atoms with Crippen molar-refractivity contribution in [3.63, 3.8) is 0 Å². The first kappa shape index (κ1) is 28.8. The minimum absolute atomic E-state index is 0. The molecule has 0 saturated heterocycles. The Morgan fingerprint density at radius 3 is 1.18 bits per heavy atom. The predicted molar refractivity (Wildman–Crippen MR) is 87.2 cm³/mol. The average Bonchev–Trinajstić information content (AvgIpc) is 2.43. The van der Waals surface area contributed by atoms with Crippen LogP contribution < -0.4 is 0 Å². The molecule has 0 aliphatic rings. The fourth-order valence-corrected chi connectivity index (χ4v) is 2.65. The van der Waals surface area contributed by atoms with Crippen LogP contribution >= 0.6 is 0 Å². The van der Waals surface area contributed by atoms with Crippen LogP contribution in [0.5, 0.6) is 0 Å². The third-order valence-corrected chi connectivity index (χ3v) is 3.99.